The molecule has 0 spiro atoms. The number of aliphatic hydroxyl groups excluding tert-OH is 1. The molecule has 0 unspecified atom stereocenters. The van der Waals surface area contributed by atoms with Crippen LogP contribution in [0, 0.1) is 11.3 Å². The van der Waals surface area contributed by atoms with Crippen LogP contribution >= 0.6 is 0 Å². The Morgan fingerprint density at radius 2 is 2.11 bits per heavy atom. The van der Waals surface area contributed by atoms with Crippen molar-refractivity contribution in [3.63, 3.8) is 0 Å². The highest BCUT2D eigenvalue weighted by molar-refractivity contribution is 5.81. The molecular weight excluding hydrogens is 228 g/mol. The highest BCUT2D eigenvalue weighted by atomic mass is 16.4. The standard InChI is InChI=1S/C15H22O3/c1-10(9-14(17)18)5-7-12-11(2)6-8-13(16)15(12,3)4/h5,7,9,12-13,16H,2,6,8H2,1,3-4H3,(H,17,18)/b7-5+,10-9+/t12-,13-/m0/s1. The Kier molecular flexibility index (Phi) is 4.52. The molecule has 2 N–H and O–H groups in total. The van der Waals surface area contributed by atoms with Gasteiger partial charge in [-0.05, 0) is 25.3 Å². The fourth-order valence-electron chi connectivity index (χ4n) is 2.46. The Hall–Kier alpha value is -1.35. The summed E-state index contributed by atoms with van der Waals surface area (Å²) in [5, 5.41) is 18.7. The van der Waals surface area contributed by atoms with Gasteiger partial charge < -0.3 is 10.2 Å². The second kappa shape index (κ2) is 5.53. The number of rotatable bonds is 3. The maximum Gasteiger partial charge on any atom is 0.328 e. The van der Waals surface area contributed by atoms with Crippen LogP contribution in [-0.4, -0.2) is 22.3 Å². The number of carbonyl (C=O) groups is 1. The third-order valence-corrected chi connectivity index (χ3v) is 3.74. The van der Waals surface area contributed by atoms with Gasteiger partial charge in [-0.2, -0.15) is 0 Å². The van der Waals surface area contributed by atoms with Crippen LogP contribution in [-0.2, 0) is 4.79 Å². The summed E-state index contributed by atoms with van der Waals surface area (Å²) in [6, 6.07) is 0. The van der Waals surface area contributed by atoms with Crippen molar-refractivity contribution in [1.82, 2.24) is 0 Å². The van der Waals surface area contributed by atoms with E-state index in [1.807, 2.05) is 19.9 Å². The van der Waals surface area contributed by atoms with Gasteiger partial charge in [-0.1, -0.05) is 38.2 Å². The minimum Gasteiger partial charge on any atom is -0.478 e. The van der Waals surface area contributed by atoms with Crippen LogP contribution in [0.4, 0.5) is 0 Å². The average Bonchev–Trinajstić information content (AvgIpc) is 2.22. The van der Waals surface area contributed by atoms with E-state index in [4.69, 9.17) is 5.11 Å². The SMILES string of the molecule is C=C1CC[C@H](O)C(C)(C)[C@H]1/C=C/C(C)=C/C(=O)O. The molecule has 0 heterocycles. The van der Waals surface area contributed by atoms with E-state index in [0.717, 1.165) is 18.4 Å². The minimum atomic E-state index is -0.945. The van der Waals surface area contributed by atoms with Crippen molar-refractivity contribution in [3.05, 3.63) is 36.0 Å². The summed E-state index contributed by atoms with van der Waals surface area (Å²) in [5.74, 6) is -0.864. The molecule has 0 bridgehead atoms. The first-order chi connectivity index (χ1) is 8.25. The highest BCUT2D eigenvalue weighted by Crippen LogP contribution is 2.44. The lowest BCUT2D eigenvalue weighted by Crippen LogP contribution is -2.40. The topological polar surface area (TPSA) is 57.5 Å². The molecule has 3 nitrogen and oxygen atoms in total. The van der Waals surface area contributed by atoms with Crippen molar-refractivity contribution < 1.29 is 15.0 Å². The molecule has 1 saturated carbocycles. The molecule has 1 aliphatic rings. The van der Waals surface area contributed by atoms with Crippen molar-refractivity contribution in [2.24, 2.45) is 11.3 Å². The van der Waals surface area contributed by atoms with E-state index in [9.17, 15) is 9.90 Å². The normalized spacial score (nSPS) is 28.7. The molecule has 0 amide bonds. The van der Waals surface area contributed by atoms with Gasteiger partial charge in [0.1, 0.15) is 0 Å². The zero-order valence-corrected chi connectivity index (χ0v) is 11.3. The number of carboxylic acids is 1. The quantitative estimate of drug-likeness (QED) is 0.460. The number of aliphatic hydroxyl groups is 1. The third kappa shape index (κ3) is 3.33. The number of hydrogen-bond donors (Lipinski definition) is 2. The lowest BCUT2D eigenvalue weighted by molar-refractivity contribution is -0.131. The van der Waals surface area contributed by atoms with E-state index >= 15 is 0 Å². The second-order valence-corrected chi connectivity index (χ2v) is 5.60. The van der Waals surface area contributed by atoms with Gasteiger partial charge in [0, 0.05) is 17.4 Å². The Morgan fingerprint density at radius 3 is 2.67 bits per heavy atom. The van der Waals surface area contributed by atoms with Gasteiger partial charge in [-0.15, -0.1) is 0 Å². The largest absolute Gasteiger partial charge is 0.478 e. The Balaban J connectivity index is 2.90. The summed E-state index contributed by atoms with van der Waals surface area (Å²) in [6.45, 7) is 9.86. The molecule has 0 aromatic heterocycles. The Labute approximate surface area is 109 Å². The van der Waals surface area contributed by atoms with E-state index in [1.54, 1.807) is 13.0 Å². The Morgan fingerprint density at radius 1 is 1.50 bits per heavy atom. The minimum absolute atomic E-state index is 0.0818. The van der Waals surface area contributed by atoms with E-state index in [1.165, 1.54) is 6.08 Å². The summed E-state index contributed by atoms with van der Waals surface area (Å²) >= 11 is 0. The van der Waals surface area contributed by atoms with Crippen molar-refractivity contribution >= 4 is 5.97 Å². The zero-order chi connectivity index (χ0) is 13.9. The van der Waals surface area contributed by atoms with E-state index < -0.39 is 5.97 Å². The van der Waals surface area contributed by atoms with Gasteiger partial charge in [0.15, 0.2) is 0 Å². The summed E-state index contributed by atoms with van der Waals surface area (Å²) in [6.07, 6.45) is 6.15. The lowest BCUT2D eigenvalue weighted by Gasteiger charge is -2.42. The van der Waals surface area contributed by atoms with Crippen molar-refractivity contribution in [2.45, 2.75) is 39.7 Å². The number of aliphatic carboxylic acids is 1. The second-order valence-electron chi connectivity index (χ2n) is 5.60. The first kappa shape index (κ1) is 14.7. The van der Waals surface area contributed by atoms with Crippen molar-refractivity contribution in [1.29, 1.82) is 0 Å². The molecule has 0 aromatic rings. The predicted molar refractivity (Wildman–Crippen MR) is 72.2 cm³/mol. The van der Waals surface area contributed by atoms with Gasteiger partial charge in [0.05, 0.1) is 6.10 Å². The molecule has 1 fully saturated rings. The van der Waals surface area contributed by atoms with Crippen molar-refractivity contribution in [3.8, 4) is 0 Å². The van der Waals surface area contributed by atoms with Gasteiger partial charge >= 0.3 is 5.97 Å². The van der Waals surface area contributed by atoms with Crippen LogP contribution in [0.25, 0.3) is 0 Å². The molecule has 1 rings (SSSR count). The third-order valence-electron chi connectivity index (χ3n) is 3.74. The molecule has 0 aromatic carbocycles. The molecule has 3 heteroatoms. The lowest BCUT2D eigenvalue weighted by atomic mass is 9.65. The summed E-state index contributed by atoms with van der Waals surface area (Å²) < 4.78 is 0. The van der Waals surface area contributed by atoms with Gasteiger partial charge in [-0.25, -0.2) is 4.79 Å². The predicted octanol–water partition coefficient (Wildman–Crippen LogP) is 2.93. The first-order valence-electron chi connectivity index (χ1n) is 6.20. The van der Waals surface area contributed by atoms with Gasteiger partial charge in [0.25, 0.3) is 0 Å². The number of carboxylic acid groups (broad SMARTS) is 1. The van der Waals surface area contributed by atoms with Crippen LogP contribution in [0.1, 0.15) is 33.6 Å². The zero-order valence-electron chi connectivity index (χ0n) is 11.3. The highest BCUT2D eigenvalue weighted by Gasteiger charge is 2.39. The maximum atomic E-state index is 10.5. The monoisotopic (exact) mass is 250 g/mol. The molecule has 100 valence electrons. The first-order valence-corrected chi connectivity index (χ1v) is 6.20. The van der Waals surface area contributed by atoms with Crippen LogP contribution in [0.3, 0.4) is 0 Å². The van der Waals surface area contributed by atoms with Crippen LogP contribution in [0.5, 0.6) is 0 Å². The van der Waals surface area contributed by atoms with Crippen LogP contribution in [0.2, 0.25) is 0 Å². The van der Waals surface area contributed by atoms with Crippen LogP contribution < -0.4 is 0 Å². The molecule has 0 aliphatic heterocycles. The van der Waals surface area contributed by atoms with Gasteiger partial charge in [0.2, 0.25) is 0 Å². The van der Waals surface area contributed by atoms with E-state index in [2.05, 4.69) is 6.58 Å². The molecule has 2 atom stereocenters. The molecule has 1 aliphatic carbocycles. The average molecular weight is 250 g/mol. The molecule has 0 saturated heterocycles. The summed E-state index contributed by atoms with van der Waals surface area (Å²) in [5.41, 5.74) is 1.53. The van der Waals surface area contributed by atoms with E-state index in [0.29, 0.717) is 5.57 Å². The maximum absolute atomic E-state index is 10.5. The summed E-state index contributed by atoms with van der Waals surface area (Å²) in [7, 11) is 0. The fourth-order valence-corrected chi connectivity index (χ4v) is 2.46. The molecular formula is C15H22O3. The smallest absolute Gasteiger partial charge is 0.328 e. The fraction of sp³-hybridized carbons (Fsp3) is 0.533. The summed E-state index contributed by atoms with van der Waals surface area (Å²) in [4.78, 5) is 10.5. The molecule has 0 radical (unpaired) electrons. The Bertz CT molecular complexity index is 402. The van der Waals surface area contributed by atoms with Crippen LogP contribution in [0.15, 0.2) is 36.0 Å². The molecule has 18 heavy (non-hydrogen) atoms. The van der Waals surface area contributed by atoms with E-state index in [-0.39, 0.29) is 17.4 Å². The number of hydrogen-bond acceptors (Lipinski definition) is 2. The van der Waals surface area contributed by atoms with Gasteiger partial charge in [-0.3, -0.25) is 0 Å². The number of allylic oxidation sites excluding steroid dienone is 4. The van der Waals surface area contributed by atoms with Crippen molar-refractivity contribution in [2.75, 3.05) is 0 Å².